The van der Waals surface area contributed by atoms with Gasteiger partial charge in [0.2, 0.25) is 0 Å². The molecule has 0 bridgehead atoms. The molecule has 0 spiro atoms. The molecule has 4 heteroatoms. The Morgan fingerprint density at radius 2 is 2.06 bits per heavy atom. The van der Waals surface area contributed by atoms with E-state index < -0.39 is 0 Å². The number of carbonyl (C=O) groups is 2. The first-order valence-electron chi connectivity index (χ1n) is 6.12. The Morgan fingerprint density at radius 3 is 2.72 bits per heavy atom. The highest BCUT2D eigenvalue weighted by molar-refractivity contribution is 5.97. The van der Waals surface area contributed by atoms with Crippen LogP contribution in [0.25, 0.3) is 0 Å². The zero-order chi connectivity index (χ0) is 13.0. The minimum atomic E-state index is -0.261. The lowest BCUT2D eigenvalue weighted by Gasteiger charge is -2.21. The molecule has 1 aliphatic rings. The summed E-state index contributed by atoms with van der Waals surface area (Å²) in [6.45, 7) is 1.06. The van der Waals surface area contributed by atoms with Crippen LogP contribution in [0.4, 0.5) is 0 Å². The number of hydrogen-bond donors (Lipinski definition) is 0. The fourth-order valence-electron chi connectivity index (χ4n) is 2.32. The van der Waals surface area contributed by atoms with Crippen molar-refractivity contribution in [1.29, 1.82) is 0 Å². The van der Waals surface area contributed by atoms with Gasteiger partial charge in [0, 0.05) is 5.56 Å². The standard InChI is InChI=1S/C14H17NO3/c1-18-14(17)12-8-5-9-15(12)10-13(16)11-6-3-2-4-7-11/h2-4,6-7,12H,5,8-10H2,1H3. The van der Waals surface area contributed by atoms with Gasteiger partial charge in [-0.05, 0) is 19.4 Å². The Balaban J connectivity index is 2.01. The van der Waals surface area contributed by atoms with Crippen LogP contribution in [-0.4, -0.2) is 42.9 Å². The molecule has 0 amide bonds. The van der Waals surface area contributed by atoms with Crippen molar-refractivity contribution in [2.75, 3.05) is 20.2 Å². The van der Waals surface area contributed by atoms with E-state index in [0.717, 1.165) is 19.4 Å². The highest BCUT2D eigenvalue weighted by Gasteiger charge is 2.32. The van der Waals surface area contributed by atoms with Crippen LogP contribution < -0.4 is 0 Å². The molecule has 1 atom stereocenters. The minimum absolute atomic E-state index is 0.0476. The van der Waals surface area contributed by atoms with Gasteiger partial charge in [-0.1, -0.05) is 30.3 Å². The predicted molar refractivity (Wildman–Crippen MR) is 67.4 cm³/mol. The molecule has 0 radical (unpaired) electrons. The Kier molecular flexibility index (Phi) is 4.10. The molecule has 1 fully saturated rings. The average molecular weight is 247 g/mol. The monoisotopic (exact) mass is 247 g/mol. The van der Waals surface area contributed by atoms with Crippen molar-refractivity contribution < 1.29 is 14.3 Å². The van der Waals surface area contributed by atoms with Gasteiger partial charge in [-0.2, -0.15) is 0 Å². The van der Waals surface area contributed by atoms with E-state index >= 15 is 0 Å². The third kappa shape index (κ3) is 2.76. The second kappa shape index (κ2) is 5.78. The lowest BCUT2D eigenvalue weighted by Crippen LogP contribution is -2.40. The van der Waals surface area contributed by atoms with Gasteiger partial charge in [-0.25, -0.2) is 0 Å². The van der Waals surface area contributed by atoms with Crippen LogP contribution in [0.15, 0.2) is 30.3 Å². The molecule has 2 rings (SSSR count). The highest BCUT2D eigenvalue weighted by Crippen LogP contribution is 2.18. The largest absolute Gasteiger partial charge is 0.468 e. The van der Waals surface area contributed by atoms with Crippen LogP contribution in [0.1, 0.15) is 23.2 Å². The maximum Gasteiger partial charge on any atom is 0.323 e. The minimum Gasteiger partial charge on any atom is -0.468 e. The summed E-state index contributed by atoms with van der Waals surface area (Å²) in [7, 11) is 1.39. The van der Waals surface area contributed by atoms with E-state index in [9.17, 15) is 9.59 Å². The number of ether oxygens (including phenoxy) is 1. The van der Waals surface area contributed by atoms with Crippen molar-refractivity contribution in [1.82, 2.24) is 4.90 Å². The zero-order valence-corrected chi connectivity index (χ0v) is 10.5. The Labute approximate surface area is 107 Å². The first kappa shape index (κ1) is 12.8. The summed E-state index contributed by atoms with van der Waals surface area (Å²) in [4.78, 5) is 25.5. The molecule has 0 saturated carbocycles. The van der Waals surface area contributed by atoms with Crippen LogP contribution in [0, 0.1) is 0 Å². The van der Waals surface area contributed by atoms with Crippen molar-refractivity contribution in [3.8, 4) is 0 Å². The number of carbonyl (C=O) groups excluding carboxylic acids is 2. The normalized spacial score (nSPS) is 19.7. The van der Waals surface area contributed by atoms with E-state index in [0.29, 0.717) is 5.56 Å². The number of methoxy groups -OCH3 is 1. The van der Waals surface area contributed by atoms with Gasteiger partial charge < -0.3 is 4.74 Å². The number of hydrogen-bond acceptors (Lipinski definition) is 4. The van der Waals surface area contributed by atoms with Crippen molar-refractivity contribution in [2.45, 2.75) is 18.9 Å². The molecule has 1 aromatic rings. The van der Waals surface area contributed by atoms with Crippen LogP contribution in [0.5, 0.6) is 0 Å². The first-order chi connectivity index (χ1) is 8.72. The van der Waals surface area contributed by atoms with Gasteiger partial charge in [0.15, 0.2) is 5.78 Å². The molecule has 1 unspecified atom stereocenters. The number of benzene rings is 1. The summed E-state index contributed by atoms with van der Waals surface area (Å²) in [6.07, 6.45) is 1.70. The molecule has 0 aliphatic carbocycles. The summed E-state index contributed by atoms with van der Waals surface area (Å²) >= 11 is 0. The molecule has 1 aromatic carbocycles. The summed E-state index contributed by atoms with van der Waals surface area (Å²) in [6, 6.07) is 8.90. The van der Waals surface area contributed by atoms with Crippen molar-refractivity contribution in [3.63, 3.8) is 0 Å². The smallest absolute Gasteiger partial charge is 0.323 e. The van der Waals surface area contributed by atoms with Crippen molar-refractivity contribution in [3.05, 3.63) is 35.9 Å². The second-order valence-electron chi connectivity index (χ2n) is 4.44. The molecule has 0 aromatic heterocycles. The fourth-order valence-corrected chi connectivity index (χ4v) is 2.32. The van der Waals surface area contributed by atoms with Crippen LogP contribution in [0.2, 0.25) is 0 Å². The molecule has 0 N–H and O–H groups in total. The number of likely N-dealkylation sites (tertiary alicyclic amines) is 1. The second-order valence-corrected chi connectivity index (χ2v) is 4.44. The number of esters is 1. The maximum atomic E-state index is 12.1. The van der Waals surface area contributed by atoms with Gasteiger partial charge in [0.05, 0.1) is 13.7 Å². The first-order valence-corrected chi connectivity index (χ1v) is 6.12. The number of nitrogens with zero attached hydrogens (tertiary/aromatic N) is 1. The van der Waals surface area contributed by atoms with Gasteiger partial charge in [0.1, 0.15) is 6.04 Å². The van der Waals surface area contributed by atoms with Gasteiger partial charge in [-0.15, -0.1) is 0 Å². The third-order valence-corrected chi connectivity index (χ3v) is 3.28. The van der Waals surface area contributed by atoms with E-state index in [1.54, 1.807) is 12.1 Å². The van der Waals surface area contributed by atoms with Crippen molar-refractivity contribution in [2.24, 2.45) is 0 Å². The maximum absolute atomic E-state index is 12.1. The summed E-state index contributed by atoms with van der Waals surface area (Å²) in [5, 5.41) is 0. The lowest BCUT2D eigenvalue weighted by molar-refractivity contribution is -0.145. The quantitative estimate of drug-likeness (QED) is 0.597. The average Bonchev–Trinajstić information content (AvgIpc) is 2.87. The van der Waals surface area contributed by atoms with E-state index in [-0.39, 0.29) is 24.3 Å². The molecule has 1 aliphatic heterocycles. The Bertz CT molecular complexity index is 430. The van der Waals surface area contributed by atoms with Gasteiger partial charge >= 0.3 is 5.97 Å². The predicted octanol–water partition coefficient (Wildman–Crippen LogP) is 1.51. The van der Waals surface area contributed by atoms with Gasteiger partial charge in [0.25, 0.3) is 0 Å². The molecule has 4 nitrogen and oxygen atoms in total. The summed E-state index contributed by atoms with van der Waals surface area (Å²) < 4.78 is 4.76. The number of rotatable bonds is 4. The SMILES string of the molecule is COC(=O)C1CCCN1CC(=O)c1ccccc1. The molecular weight excluding hydrogens is 230 g/mol. The van der Waals surface area contributed by atoms with Gasteiger partial charge in [-0.3, -0.25) is 14.5 Å². The Morgan fingerprint density at radius 1 is 1.33 bits per heavy atom. The Hall–Kier alpha value is -1.68. The topological polar surface area (TPSA) is 46.6 Å². The number of ketones is 1. The lowest BCUT2D eigenvalue weighted by atomic mass is 10.1. The fraction of sp³-hybridized carbons (Fsp3) is 0.429. The summed E-state index contributed by atoms with van der Waals surface area (Å²) in [5.74, 6) is -0.195. The highest BCUT2D eigenvalue weighted by atomic mass is 16.5. The number of Topliss-reactive ketones (excluding diaryl/α,β-unsaturated/α-hetero) is 1. The van der Waals surface area contributed by atoms with E-state index in [1.165, 1.54) is 7.11 Å². The van der Waals surface area contributed by atoms with Crippen molar-refractivity contribution >= 4 is 11.8 Å². The third-order valence-electron chi connectivity index (χ3n) is 3.28. The molecular formula is C14H17NO3. The van der Waals surface area contributed by atoms with E-state index in [4.69, 9.17) is 4.74 Å². The molecule has 1 heterocycles. The summed E-state index contributed by atoms with van der Waals surface area (Å²) in [5.41, 5.74) is 0.688. The van der Waals surface area contributed by atoms with E-state index in [1.807, 2.05) is 23.1 Å². The van der Waals surface area contributed by atoms with E-state index in [2.05, 4.69) is 0 Å². The van der Waals surface area contributed by atoms with Crippen LogP contribution >= 0.6 is 0 Å². The zero-order valence-electron chi connectivity index (χ0n) is 10.5. The van der Waals surface area contributed by atoms with Crippen LogP contribution in [-0.2, 0) is 9.53 Å². The van der Waals surface area contributed by atoms with Crippen LogP contribution in [0.3, 0.4) is 0 Å². The molecule has 96 valence electrons. The molecule has 18 heavy (non-hydrogen) atoms. The molecule has 1 saturated heterocycles.